The predicted octanol–water partition coefficient (Wildman–Crippen LogP) is 4.95. The van der Waals surface area contributed by atoms with Crippen LogP contribution in [-0.4, -0.2) is 14.1 Å². The minimum Gasteiger partial charge on any atom is -0.378 e. The van der Waals surface area contributed by atoms with E-state index in [0.717, 1.165) is 21.9 Å². The van der Waals surface area contributed by atoms with Crippen molar-refractivity contribution in [2.75, 3.05) is 19.0 Å². The highest BCUT2D eigenvalue weighted by atomic mass is 15.1. The monoisotopic (exact) mass is 298 g/mol. The highest BCUT2D eigenvalue weighted by Crippen LogP contribution is 2.24. The summed E-state index contributed by atoms with van der Waals surface area (Å²) in [4.78, 5) is 2.08. The molecule has 3 aromatic carbocycles. The number of nitriles is 1. The minimum absolute atomic E-state index is 0.716. The van der Waals surface area contributed by atoms with Crippen molar-refractivity contribution in [3.05, 3.63) is 77.4 Å². The van der Waals surface area contributed by atoms with Crippen LogP contribution in [-0.2, 0) is 0 Å². The van der Waals surface area contributed by atoms with Crippen LogP contribution in [0.25, 0.3) is 22.9 Å². The van der Waals surface area contributed by atoms with Crippen LogP contribution >= 0.6 is 0 Å². The van der Waals surface area contributed by atoms with Gasteiger partial charge in [-0.3, -0.25) is 0 Å². The van der Waals surface area contributed by atoms with E-state index in [2.05, 4.69) is 53.5 Å². The lowest BCUT2D eigenvalue weighted by molar-refractivity contribution is 1.13. The molecular weight excluding hydrogens is 280 g/mol. The van der Waals surface area contributed by atoms with Gasteiger partial charge in [-0.2, -0.15) is 5.26 Å². The average molecular weight is 298 g/mol. The zero-order valence-corrected chi connectivity index (χ0v) is 13.3. The van der Waals surface area contributed by atoms with E-state index >= 15 is 0 Å². The number of fused-ring (bicyclic) bond motifs is 1. The maximum Gasteiger partial charge on any atom is 0.0998 e. The van der Waals surface area contributed by atoms with Crippen LogP contribution in [0, 0.1) is 11.3 Å². The molecule has 0 N–H and O–H groups in total. The second-order valence-corrected chi connectivity index (χ2v) is 5.68. The van der Waals surface area contributed by atoms with E-state index in [0.29, 0.717) is 5.56 Å². The Balaban J connectivity index is 1.97. The van der Waals surface area contributed by atoms with E-state index in [1.807, 2.05) is 44.4 Å². The molecule has 112 valence electrons. The lowest BCUT2D eigenvalue weighted by atomic mass is 9.99. The minimum atomic E-state index is 0.716. The standard InChI is InChI=1S/C21H18N2/c1-23(2)19-13-8-16(9-14-19)7-10-17-11-12-18(15-22)21-6-4-3-5-20(17)21/h3-14H,1-2H3/b10-7+. The molecule has 0 aliphatic heterocycles. The molecule has 2 nitrogen and oxygen atoms in total. The fourth-order valence-electron chi connectivity index (χ4n) is 2.63. The fraction of sp³-hybridized carbons (Fsp3) is 0.0952. The first-order valence-corrected chi connectivity index (χ1v) is 7.56. The maximum absolute atomic E-state index is 9.23. The van der Waals surface area contributed by atoms with Crippen LogP contribution in [0.4, 0.5) is 5.69 Å². The molecule has 0 spiro atoms. The molecule has 0 radical (unpaired) electrons. The fourth-order valence-corrected chi connectivity index (χ4v) is 2.63. The summed E-state index contributed by atoms with van der Waals surface area (Å²) in [6.45, 7) is 0. The highest BCUT2D eigenvalue weighted by Gasteiger charge is 2.03. The summed E-state index contributed by atoms with van der Waals surface area (Å²) in [6, 6.07) is 22.6. The van der Waals surface area contributed by atoms with Gasteiger partial charge < -0.3 is 4.90 Å². The van der Waals surface area contributed by atoms with Gasteiger partial charge in [-0.15, -0.1) is 0 Å². The smallest absolute Gasteiger partial charge is 0.0998 e. The molecule has 2 heteroatoms. The number of nitrogens with zero attached hydrogens (tertiary/aromatic N) is 2. The van der Waals surface area contributed by atoms with Crippen molar-refractivity contribution < 1.29 is 0 Å². The first kappa shape index (κ1) is 14.9. The van der Waals surface area contributed by atoms with E-state index in [1.165, 1.54) is 5.69 Å². The molecule has 0 fully saturated rings. The van der Waals surface area contributed by atoms with Gasteiger partial charge in [0.05, 0.1) is 11.6 Å². The second kappa shape index (κ2) is 6.37. The maximum atomic E-state index is 9.23. The van der Waals surface area contributed by atoms with Crippen LogP contribution in [0.1, 0.15) is 16.7 Å². The van der Waals surface area contributed by atoms with Gasteiger partial charge >= 0.3 is 0 Å². The molecule has 23 heavy (non-hydrogen) atoms. The third kappa shape index (κ3) is 3.09. The molecule has 0 heterocycles. The summed E-state index contributed by atoms with van der Waals surface area (Å²) in [5.74, 6) is 0. The first-order chi connectivity index (χ1) is 11.2. The SMILES string of the molecule is CN(C)c1ccc(/C=C/c2ccc(C#N)c3ccccc23)cc1. The Labute approximate surface area is 136 Å². The molecule has 0 aliphatic rings. The Morgan fingerprint density at radius 1 is 0.826 bits per heavy atom. The molecule has 3 aromatic rings. The number of benzene rings is 3. The molecule has 0 atom stereocenters. The van der Waals surface area contributed by atoms with Crippen LogP contribution < -0.4 is 4.90 Å². The van der Waals surface area contributed by atoms with E-state index in [1.54, 1.807) is 0 Å². The molecule has 0 saturated carbocycles. The molecular formula is C21H18N2. The first-order valence-electron chi connectivity index (χ1n) is 7.56. The molecule has 3 rings (SSSR count). The van der Waals surface area contributed by atoms with Gasteiger partial charge in [0.2, 0.25) is 0 Å². The van der Waals surface area contributed by atoms with E-state index in [4.69, 9.17) is 0 Å². The highest BCUT2D eigenvalue weighted by molar-refractivity contribution is 5.96. The number of rotatable bonds is 3. The van der Waals surface area contributed by atoms with Crippen molar-refractivity contribution in [3.63, 3.8) is 0 Å². The quantitative estimate of drug-likeness (QED) is 0.640. The van der Waals surface area contributed by atoms with Crippen molar-refractivity contribution in [1.29, 1.82) is 5.26 Å². The van der Waals surface area contributed by atoms with Gasteiger partial charge in [-0.25, -0.2) is 0 Å². The number of hydrogen-bond acceptors (Lipinski definition) is 2. The topological polar surface area (TPSA) is 27.0 Å². The van der Waals surface area contributed by atoms with E-state index in [-0.39, 0.29) is 0 Å². The van der Waals surface area contributed by atoms with Crippen LogP contribution in [0.5, 0.6) is 0 Å². The van der Waals surface area contributed by atoms with Crippen molar-refractivity contribution in [3.8, 4) is 6.07 Å². The van der Waals surface area contributed by atoms with Gasteiger partial charge in [-0.05, 0) is 34.7 Å². The van der Waals surface area contributed by atoms with Crippen LogP contribution in [0.15, 0.2) is 60.7 Å². The van der Waals surface area contributed by atoms with Crippen LogP contribution in [0.3, 0.4) is 0 Å². The second-order valence-electron chi connectivity index (χ2n) is 5.68. The summed E-state index contributed by atoms with van der Waals surface area (Å²) in [7, 11) is 4.07. The van der Waals surface area contributed by atoms with E-state index in [9.17, 15) is 5.26 Å². The van der Waals surface area contributed by atoms with E-state index < -0.39 is 0 Å². The largest absolute Gasteiger partial charge is 0.378 e. The third-order valence-electron chi connectivity index (χ3n) is 3.94. The van der Waals surface area contributed by atoms with Crippen molar-refractivity contribution >= 4 is 28.6 Å². The normalized spacial score (nSPS) is 10.8. The van der Waals surface area contributed by atoms with Crippen molar-refractivity contribution in [1.82, 2.24) is 0 Å². The summed E-state index contributed by atoms with van der Waals surface area (Å²) < 4.78 is 0. The third-order valence-corrected chi connectivity index (χ3v) is 3.94. The van der Waals surface area contributed by atoms with Crippen molar-refractivity contribution in [2.45, 2.75) is 0 Å². The van der Waals surface area contributed by atoms with Gasteiger partial charge in [-0.1, -0.05) is 54.6 Å². The zero-order chi connectivity index (χ0) is 16.2. The van der Waals surface area contributed by atoms with Crippen LogP contribution in [0.2, 0.25) is 0 Å². The number of anilines is 1. The molecule has 0 aliphatic carbocycles. The summed E-state index contributed by atoms with van der Waals surface area (Å²) in [6.07, 6.45) is 4.21. The van der Waals surface area contributed by atoms with Gasteiger partial charge in [0, 0.05) is 25.2 Å². The molecule has 0 unspecified atom stereocenters. The summed E-state index contributed by atoms with van der Waals surface area (Å²) in [5.41, 5.74) is 4.18. The Kier molecular flexibility index (Phi) is 4.12. The Hall–Kier alpha value is -3.05. The molecule has 0 amide bonds. The Morgan fingerprint density at radius 2 is 1.52 bits per heavy atom. The lowest BCUT2D eigenvalue weighted by Crippen LogP contribution is -2.07. The summed E-state index contributed by atoms with van der Waals surface area (Å²) >= 11 is 0. The molecule has 0 saturated heterocycles. The summed E-state index contributed by atoms with van der Waals surface area (Å²) in [5, 5.41) is 11.3. The average Bonchev–Trinajstić information content (AvgIpc) is 2.60. The van der Waals surface area contributed by atoms with Gasteiger partial charge in [0.1, 0.15) is 0 Å². The van der Waals surface area contributed by atoms with Crippen molar-refractivity contribution in [2.24, 2.45) is 0 Å². The lowest BCUT2D eigenvalue weighted by Gasteiger charge is -2.11. The number of hydrogen-bond donors (Lipinski definition) is 0. The van der Waals surface area contributed by atoms with Gasteiger partial charge in [0.15, 0.2) is 0 Å². The predicted molar refractivity (Wildman–Crippen MR) is 98.4 cm³/mol. The zero-order valence-electron chi connectivity index (χ0n) is 13.3. The molecule has 0 aromatic heterocycles. The Bertz CT molecular complexity index is 897. The van der Waals surface area contributed by atoms with Gasteiger partial charge in [0.25, 0.3) is 0 Å². The molecule has 0 bridgehead atoms. The Morgan fingerprint density at radius 3 is 2.17 bits per heavy atom.